The zero-order valence-corrected chi connectivity index (χ0v) is 7.97. The maximum Gasteiger partial charge on any atom is 0.265 e. The van der Waals surface area contributed by atoms with Crippen LogP contribution in [0, 0.1) is 0 Å². The van der Waals surface area contributed by atoms with Gasteiger partial charge in [-0.25, -0.2) is 0 Å². The van der Waals surface area contributed by atoms with Gasteiger partial charge in [0.25, 0.3) is 5.91 Å². The second kappa shape index (κ2) is 3.61. The minimum atomic E-state index is -0.236. The van der Waals surface area contributed by atoms with Gasteiger partial charge in [-0.1, -0.05) is 0 Å². The second-order valence-electron chi connectivity index (χ2n) is 3.19. The lowest BCUT2D eigenvalue weighted by atomic mass is 10.2. The molecule has 2 rings (SSSR count). The number of benzene rings is 1. The highest BCUT2D eigenvalue weighted by Gasteiger charge is 2.24. The van der Waals surface area contributed by atoms with Gasteiger partial charge < -0.3 is 15.3 Å². The number of nitrogens with zero attached hydrogens (tertiary/aromatic N) is 1. The number of ether oxygens (including phenoxy) is 1. The van der Waals surface area contributed by atoms with E-state index < -0.39 is 0 Å². The Labute approximate surface area is 86.4 Å². The summed E-state index contributed by atoms with van der Waals surface area (Å²) < 4.78 is 5.20. The van der Waals surface area contributed by atoms with Crippen LogP contribution in [0.3, 0.4) is 0 Å². The van der Waals surface area contributed by atoms with E-state index >= 15 is 0 Å². The number of nitrogen functional groups attached to an aromatic ring is 1. The van der Waals surface area contributed by atoms with Crippen LogP contribution in [0.15, 0.2) is 18.2 Å². The van der Waals surface area contributed by atoms with Crippen molar-refractivity contribution in [3.05, 3.63) is 18.2 Å². The minimum Gasteiger partial charge on any atom is -0.482 e. The largest absolute Gasteiger partial charge is 0.482 e. The summed E-state index contributed by atoms with van der Waals surface area (Å²) in [4.78, 5) is 23.3. The Morgan fingerprint density at radius 2 is 2.33 bits per heavy atom. The van der Waals surface area contributed by atoms with Gasteiger partial charge in [0, 0.05) is 5.69 Å². The van der Waals surface area contributed by atoms with Gasteiger partial charge in [0.05, 0.1) is 12.2 Å². The van der Waals surface area contributed by atoms with Crippen LogP contribution in [-0.2, 0) is 9.59 Å². The maximum atomic E-state index is 11.5. The zero-order valence-electron chi connectivity index (χ0n) is 7.97. The van der Waals surface area contributed by atoms with Gasteiger partial charge >= 0.3 is 0 Å². The number of rotatable bonds is 2. The Balaban J connectivity index is 2.45. The molecule has 0 radical (unpaired) electrons. The molecule has 0 aromatic heterocycles. The van der Waals surface area contributed by atoms with Crippen LogP contribution in [0.2, 0.25) is 0 Å². The van der Waals surface area contributed by atoms with E-state index in [0.29, 0.717) is 23.4 Å². The summed E-state index contributed by atoms with van der Waals surface area (Å²) in [5.41, 5.74) is 6.69. The lowest BCUT2D eigenvalue weighted by Gasteiger charge is -2.27. The molecule has 15 heavy (non-hydrogen) atoms. The van der Waals surface area contributed by atoms with Crippen molar-refractivity contribution < 1.29 is 14.3 Å². The van der Waals surface area contributed by atoms with Crippen LogP contribution in [0.25, 0.3) is 0 Å². The monoisotopic (exact) mass is 206 g/mol. The third-order valence-electron chi connectivity index (χ3n) is 2.18. The molecule has 1 aliphatic rings. The lowest BCUT2D eigenvalue weighted by molar-refractivity contribution is -0.122. The minimum absolute atomic E-state index is 0.0264. The lowest BCUT2D eigenvalue weighted by Crippen LogP contribution is -2.39. The fourth-order valence-corrected chi connectivity index (χ4v) is 1.49. The van der Waals surface area contributed by atoms with E-state index in [4.69, 9.17) is 10.5 Å². The first kappa shape index (κ1) is 9.51. The van der Waals surface area contributed by atoms with Crippen molar-refractivity contribution in [2.24, 2.45) is 0 Å². The molecular formula is C10H10N2O3. The molecular weight excluding hydrogens is 196 g/mol. The SMILES string of the molecule is Nc1ccc2c(c1)N(CC=O)C(=O)CO2. The van der Waals surface area contributed by atoms with Crippen LogP contribution in [-0.4, -0.2) is 25.3 Å². The molecule has 1 amide bonds. The Kier molecular flexibility index (Phi) is 2.29. The van der Waals surface area contributed by atoms with Crippen LogP contribution in [0.5, 0.6) is 5.75 Å². The Morgan fingerprint density at radius 3 is 3.07 bits per heavy atom. The fraction of sp³-hybridized carbons (Fsp3) is 0.200. The number of fused-ring (bicyclic) bond motifs is 1. The number of nitrogens with two attached hydrogens (primary N) is 1. The molecule has 1 aromatic carbocycles. The summed E-state index contributed by atoms with van der Waals surface area (Å²) in [6.45, 7) is -0.0105. The van der Waals surface area contributed by atoms with Gasteiger partial charge in [0.15, 0.2) is 6.61 Å². The molecule has 2 N–H and O–H groups in total. The van der Waals surface area contributed by atoms with Crippen LogP contribution in [0.1, 0.15) is 0 Å². The molecule has 78 valence electrons. The van der Waals surface area contributed by atoms with E-state index in [0.717, 1.165) is 0 Å². The summed E-state index contributed by atoms with van der Waals surface area (Å²) in [7, 11) is 0. The smallest absolute Gasteiger partial charge is 0.265 e. The highest BCUT2D eigenvalue weighted by atomic mass is 16.5. The first-order valence-corrected chi connectivity index (χ1v) is 4.48. The normalized spacial score (nSPS) is 14.4. The molecule has 1 heterocycles. The third-order valence-corrected chi connectivity index (χ3v) is 2.18. The van der Waals surface area contributed by atoms with Gasteiger partial charge in [-0.05, 0) is 18.2 Å². The van der Waals surface area contributed by atoms with Crippen molar-refractivity contribution in [1.29, 1.82) is 0 Å². The number of amides is 1. The van der Waals surface area contributed by atoms with Crippen molar-refractivity contribution in [3.8, 4) is 5.75 Å². The highest BCUT2D eigenvalue weighted by molar-refractivity contribution is 6.00. The first-order valence-electron chi connectivity index (χ1n) is 4.48. The van der Waals surface area contributed by atoms with Gasteiger partial charge in [-0.2, -0.15) is 0 Å². The molecule has 0 unspecified atom stereocenters. The van der Waals surface area contributed by atoms with Crippen LogP contribution >= 0.6 is 0 Å². The van der Waals surface area contributed by atoms with E-state index in [1.165, 1.54) is 4.90 Å². The van der Waals surface area contributed by atoms with E-state index in [1.54, 1.807) is 18.2 Å². The standard InChI is InChI=1S/C10H10N2O3/c11-7-1-2-9-8(5-7)12(3-4-13)10(14)6-15-9/h1-2,4-5H,3,6,11H2. The van der Waals surface area contributed by atoms with Crippen molar-refractivity contribution in [3.63, 3.8) is 0 Å². The van der Waals surface area contributed by atoms with Crippen molar-refractivity contribution in [2.75, 3.05) is 23.8 Å². The zero-order chi connectivity index (χ0) is 10.8. The summed E-state index contributed by atoms with van der Waals surface area (Å²) in [6.07, 6.45) is 0.677. The molecule has 0 saturated heterocycles. The average molecular weight is 206 g/mol. The predicted octanol–water partition coefficient (Wildman–Crippen LogP) is 0.193. The van der Waals surface area contributed by atoms with Crippen molar-refractivity contribution >= 4 is 23.6 Å². The van der Waals surface area contributed by atoms with Crippen molar-refractivity contribution in [2.45, 2.75) is 0 Å². The second-order valence-corrected chi connectivity index (χ2v) is 3.19. The number of carbonyl (C=O) groups is 2. The maximum absolute atomic E-state index is 11.5. The summed E-state index contributed by atoms with van der Waals surface area (Å²) in [6, 6.07) is 5.00. The molecule has 0 bridgehead atoms. The van der Waals surface area contributed by atoms with E-state index in [2.05, 4.69) is 0 Å². The number of anilines is 2. The Bertz CT molecular complexity index is 417. The summed E-state index contributed by atoms with van der Waals surface area (Å²) in [5.74, 6) is 0.339. The molecule has 5 nitrogen and oxygen atoms in total. The number of hydrogen-bond acceptors (Lipinski definition) is 4. The molecule has 0 atom stereocenters. The number of carbonyl (C=O) groups excluding carboxylic acids is 2. The molecule has 0 aliphatic carbocycles. The third kappa shape index (κ3) is 1.63. The van der Waals surface area contributed by atoms with E-state index in [9.17, 15) is 9.59 Å². The predicted molar refractivity (Wildman–Crippen MR) is 54.8 cm³/mol. The van der Waals surface area contributed by atoms with Gasteiger partial charge in [-0.3, -0.25) is 9.69 Å². The highest BCUT2D eigenvalue weighted by Crippen LogP contribution is 2.33. The first-order chi connectivity index (χ1) is 7.22. The Morgan fingerprint density at radius 1 is 1.53 bits per heavy atom. The molecule has 0 spiro atoms. The van der Waals surface area contributed by atoms with Crippen LogP contribution < -0.4 is 15.4 Å². The van der Waals surface area contributed by atoms with E-state index in [-0.39, 0.29) is 19.1 Å². The molecule has 1 aliphatic heterocycles. The molecule has 5 heteroatoms. The Hall–Kier alpha value is -2.04. The topological polar surface area (TPSA) is 72.6 Å². The van der Waals surface area contributed by atoms with Gasteiger partial charge in [-0.15, -0.1) is 0 Å². The summed E-state index contributed by atoms with van der Waals surface area (Å²) >= 11 is 0. The number of hydrogen-bond donors (Lipinski definition) is 1. The molecule has 0 saturated carbocycles. The average Bonchev–Trinajstić information content (AvgIpc) is 2.23. The molecule has 1 aromatic rings. The number of aldehydes is 1. The van der Waals surface area contributed by atoms with E-state index in [1.807, 2.05) is 0 Å². The quantitative estimate of drug-likeness (QED) is 0.554. The van der Waals surface area contributed by atoms with Gasteiger partial charge in [0.1, 0.15) is 12.0 Å². The fourth-order valence-electron chi connectivity index (χ4n) is 1.49. The molecule has 0 fully saturated rings. The van der Waals surface area contributed by atoms with Crippen LogP contribution in [0.4, 0.5) is 11.4 Å². The summed E-state index contributed by atoms with van der Waals surface area (Å²) in [5, 5.41) is 0. The van der Waals surface area contributed by atoms with Crippen molar-refractivity contribution in [1.82, 2.24) is 0 Å². The van der Waals surface area contributed by atoms with Gasteiger partial charge in [0.2, 0.25) is 0 Å².